The third kappa shape index (κ3) is 2.69. The fraction of sp³-hybridized carbons (Fsp3) is 0. The largest absolute Gasteiger partial charge is 0.0616 e. The Hall–Kier alpha value is -3.90. The molecule has 0 amide bonds. The molecular formula is C30H20. The number of hydrogen-bond donors (Lipinski definition) is 0. The maximum atomic E-state index is 2.30. The summed E-state index contributed by atoms with van der Waals surface area (Å²) in [7, 11) is 0. The molecule has 0 atom stereocenters. The Balaban J connectivity index is 1.67. The Bertz CT molecular complexity index is 1360. The molecule has 0 bridgehead atoms. The first kappa shape index (κ1) is 17.0. The van der Waals surface area contributed by atoms with Crippen LogP contribution in [0.25, 0.3) is 55.2 Å². The highest BCUT2D eigenvalue weighted by Crippen LogP contribution is 2.33. The molecule has 0 heterocycles. The van der Waals surface area contributed by atoms with Gasteiger partial charge in [-0.15, -0.1) is 0 Å². The van der Waals surface area contributed by atoms with Gasteiger partial charge in [-0.2, -0.15) is 0 Å². The van der Waals surface area contributed by atoms with E-state index in [2.05, 4.69) is 121 Å². The summed E-state index contributed by atoms with van der Waals surface area (Å²) in [5.41, 5.74) is 2.56. The number of benzene rings is 6. The van der Waals surface area contributed by atoms with Gasteiger partial charge in [0.1, 0.15) is 0 Å². The Labute approximate surface area is 175 Å². The zero-order valence-electron chi connectivity index (χ0n) is 16.5. The first-order valence-electron chi connectivity index (χ1n) is 10.4. The molecular weight excluding hydrogens is 360 g/mol. The van der Waals surface area contributed by atoms with Gasteiger partial charge in [0, 0.05) is 0 Å². The van der Waals surface area contributed by atoms with Crippen molar-refractivity contribution in [1.82, 2.24) is 0 Å². The second-order valence-corrected chi connectivity index (χ2v) is 7.80. The van der Waals surface area contributed by atoms with E-state index in [1.165, 1.54) is 54.2 Å². The lowest BCUT2D eigenvalue weighted by Gasteiger charge is -2.10. The van der Waals surface area contributed by atoms with Gasteiger partial charge in [0.05, 0.1) is 0 Å². The topological polar surface area (TPSA) is 0 Å². The van der Waals surface area contributed by atoms with E-state index in [4.69, 9.17) is 0 Å². The molecule has 0 saturated heterocycles. The molecule has 0 aromatic heterocycles. The average Bonchev–Trinajstić information content (AvgIpc) is 2.81. The molecule has 6 aromatic carbocycles. The van der Waals surface area contributed by atoms with Crippen molar-refractivity contribution in [3.8, 4) is 0 Å². The minimum Gasteiger partial charge on any atom is -0.0616 e. The van der Waals surface area contributed by atoms with Gasteiger partial charge in [-0.05, 0) is 66.3 Å². The zero-order chi connectivity index (χ0) is 19.9. The van der Waals surface area contributed by atoms with Crippen LogP contribution in [-0.2, 0) is 0 Å². The Kier molecular flexibility index (Phi) is 3.89. The number of rotatable bonds is 2. The molecule has 30 heavy (non-hydrogen) atoms. The fourth-order valence-corrected chi connectivity index (χ4v) is 4.62. The van der Waals surface area contributed by atoms with Crippen molar-refractivity contribution in [3.05, 3.63) is 120 Å². The maximum absolute atomic E-state index is 2.30. The van der Waals surface area contributed by atoms with Crippen LogP contribution in [0.5, 0.6) is 0 Å². The molecule has 6 rings (SSSR count). The van der Waals surface area contributed by atoms with Crippen molar-refractivity contribution in [1.29, 1.82) is 0 Å². The molecule has 0 saturated carbocycles. The summed E-state index contributed by atoms with van der Waals surface area (Å²) < 4.78 is 0. The molecule has 140 valence electrons. The summed E-state index contributed by atoms with van der Waals surface area (Å²) >= 11 is 0. The molecule has 0 radical (unpaired) electrons. The molecule has 0 aliphatic heterocycles. The van der Waals surface area contributed by atoms with Crippen LogP contribution in [0.1, 0.15) is 11.1 Å². The standard InChI is InChI=1S/C30H20/c1-5-13-25-21(9-1)19-22-10-2-6-14-26(22)29(25)17-18-30-27-15-7-3-11-23(27)20-24-12-4-8-16-28(24)30/h1-20H. The zero-order valence-corrected chi connectivity index (χ0v) is 16.5. The van der Waals surface area contributed by atoms with Crippen molar-refractivity contribution >= 4 is 55.2 Å². The van der Waals surface area contributed by atoms with Crippen LogP contribution in [0.2, 0.25) is 0 Å². The Morgan fingerprint density at radius 2 is 0.600 bits per heavy atom. The lowest BCUT2D eigenvalue weighted by Crippen LogP contribution is -1.85. The van der Waals surface area contributed by atoms with Gasteiger partial charge in [0.2, 0.25) is 0 Å². The van der Waals surface area contributed by atoms with Crippen LogP contribution in [0.4, 0.5) is 0 Å². The highest BCUT2D eigenvalue weighted by Gasteiger charge is 2.07. The minimum absolute atomic E-state index is 1.28. The van der Waals surface area contributed by atoms with Gasteiger partial charge in [-0.1, -0.05) is 109 Å². The van der Waals surface area contributed by atoms with Gasteiger partial charge in [-0.3, -0.25) is 0 Å². The van der Waals surface area contributed by atoms with Gasteiger partial charge >= 0.3 is 0 Å². The van der Waals surface area contributed by atoms with Crippen LogP contribution in [-0.4, -0.2) is 0 Å². The van der Waals surface area contributed by atoms with Crippen molar-refractivity contribution in [2.24, 2.45) is 0 Å². The minimum atomic E-state index is 1.28. The third-order valence-electron chi connectivity index (χ3n) is 6.04. The van der Waals surface area contributed by atoms with Crippen LogP contribution < -0.4 is 0 Å². The summed E-state index contributed by atoms with van der Waals surface area (Å²) in [6.07, 6.45) is 4.61. The van der Waals surface area contributed by atoms with Gasteiger partial charge < -0.3 is 0 Å². The lowest BCUT2D eigenvalue weighted by atomic mass is 9.93. The summed E-state index contributed by atoms with van der Waals surface area (Å²) in [6, 6.07) is 39.2. The fourth-order valence-electron chi connectivity index (χ4n) is 4.62. The normalized spacial score (nSPS) is 11.9. The van der Waals surface area contributed by atoms with Gasteiger partial charge in [0.25, 0.3) is 0 Å². The number of fused-ring (bicyclic) bond motifs is 4. The Morgan fingerprint density at radius 1 is 0.333 bits per heavy atom. The predicted octanol–water partition coefficient (Wildman–Crippen LogP) is 8.47. The van der Waals surface area contributed by atoms with Crippen molar-refractivity contribution in [3.63, 3.8) is 0 Å². The third-order valence-corrected chi connectivity index (χ3v) is 6.04. The lowest BCUT2D eigenvalue weighted by molar-refractivity contribution is 1.73. The molecule has 0 aliphatic rings. The molecule has 0 aliphatic carbocycles. The molecule has 0 unspecified atom stereocenters. The van der Waals surface area contributed by atoms with Crippen LogP contribution >= 0.6 is 0 Å². The summed E-state index contributed by atoms with van der Waals surface area (Å²) in [5, 5.41) is 10.3. The second-order valence-electron chi connectivity index (χ2n) is 7.80. The molecule has 6 aromatic rings. The van der Waals surface area contributed by atoms with E-state index < -0.39 is 0 Å². The first-order valence-corrected chi connectivity index (χ1v) is 10.4. The summed E-state index contributed by atoms with van der Waals surface area (Å²) in [5.74, 6) is 0. The highest BCUT2D eigenvalue weighted by atomic mass is 14.1. The van der Waals surface area contributed by atoms with Gasteiger partial charge in [-0.25, -0.2) is 0 Å². The smallest absolute Gasteiger partial charge is 0.00992 e. The molecule has 0 spiro atoms. The van der Waals surface area contributed by atoms with Crippen molar-refractivity contribution in [2.75, 3.05) is 0 Å². The maximum Gasteiger partial charge on any atom is -0.00992 e. The SMILES string of the molecule is C(=Cc1c2ccccc2cc2ccccc12)c1c2ccccc2cc2ccccc12. The van der Waals surface area contributed by atoms with Crippen molar-refractivity contribution < 1.29 is 0 Å². The second kappa shape index (κ2) is 6.86. The van der Waals surface area contributed by atoms with E-state index >= 15 is 0 Å². The highest BCUT2D eigenvalue weighted by molar-refractivity contribution is 6.11. The Morgan fingerprint density at radius 3 is 0.900 bits per heavy atom. The van der Waals surface area contributed by atoms with Crippen molar-refractivity contribution in [2.45, 2.75) is 0 Å². The molecule has 0 nitrogen and oxygen atoms in total. The van der Waals surface area contributed by atoms with E-state index in [9.17, 15) is 0 Å². The summed E-state index contributed by atoms with van der Waals surface area (Å²) in [4.78, 5) is 0. The molecule has 0 fully saturated rings. The quantitative estimate of drug-likeness (QED) is 0.209. The van der Waals surface area contributed by atoms with Crippen LogP contribution in [0.15, 0.2) is 109 Å². The van der Waals surface area contributed by atoms with Crippen LogP contribution in [0, 0.1) is 0 Å². The molecule has 0 heteroatoms. The van der Waals surface area contributed by atoms with Crippen LogP contribution in [0.3, 0.4) is 0 Å². The van der Waals surface area contributed by atoms with E-state index in [1.54, 1.807) is 0 Å². The first-order chi connectivity index (χ1) is 14.9. The van der Waals surface area contributed by atoms with E-state index in [0.717, 1.165) is 0 Å². The van der Waals surface area contributed by atoms with Gasteiger partial charge in [0.15, 0.2) is 0 Å². The summed E-state index contributed by atoms with van der Waals surface area (Å²) in [6.45, 7) is 0. The van der Waals surface area contributed by atoms with E-state index in [1.807, 2.05) is 0 Å². The average molecular weight is 380 g/mol. The van der Waals surface area contributed by atoms with E-state index in [-0.39, 0.29) is 0 Å². The number of hydrogen-bond acceptors (Lipinski definition) is 0. The monoisotopic (exact) mass is 380 g/mol. The predicted molar refractivity (Wildman–Crippen MR) is 132 cm³/mol. The van der Waals surface area contributed by atoms with E-state index in [0.29, 0.717) is 0 Å². The molecule has 0 N–H and O–H groups in total.